The SMILES string of the molecule is CCNC(=NCCN(CC)CC)NC(C)Cc1c(C)nn(C)c1C.I. The smallest absolute Gasteiger partial charge is 0.191 e. The van der Waals surface area contributed by atoms with Crippen LogP contribution < -0.4 is 10.6 Å². The highest BCUT2D eigenvalue weighted by Crippen LogP contribution is 2.14. The average Bonchev–Trinajstić information content (AvgIpc) is 2.78. The van der Waals surface area contributed by atoms with E-state index in [1.54, 1.807) is 0 Å². The van der Waals surface area contributed by atoms with Gasteiger partial charge in [-0.1, -0.05) is 13.8 Å². The van der Waals surface area contributed by atoms with Crippen LogP contribution >= 0.6 is 24.0 Å². The highest BCUT2D eigenvalue weighted by molar-refractivity contribution is 14.0. The van der Waals surface area contributed by atoms with Gasteiger partial charge in [-0.05, 0) is 52.8 Å². The molecule has 1 aromatic heterocycles. The van der Waals surface area contributed by atoms with Crippen molar-refractivity contribution >= 4 is 29.9 Å². The number of hydrogen-bond donors (Lipinski definition) is 2. The fraction of sp³-hybridized carbons (Fsp3) is 0.778. The number of nitrogens with one attached hydrogen (secondary N) is 2. The van der Waals surface area contributed by atoms with Crippen LogP contribution in [0, 0.1) is 13.8 Å². The summed E-state index contributed by atoms with van der Waals surface area (Å²) in [6, 6.07) is 0.304. The van der Waals surface area contributed by atoms with E-state index in [1.165, 1.54) is 11.3 Å². The Bertz CT molecular complexity index is 522. The van der Waals surface area contributed by atoms with Crippen LogP contribution in [0.5, 0.6) is 0 Å². The predicted octanol–water partition coefficient (Wildman–Crippen LogP) is 2.48. The Balaban J connectivity index is 0.00000576. The monoisotopic (exact) mass is 464 g/mol. The van der Waals surface area contributed by atoms with E-state index in [0.717, 1.165) is 50.8 Å². The number of hydrogen-bond acceptors (Lipinski definition) is 3. The number of aromatic nitrogens is 2. The molecule has 146 valence electrons. The van der Waals surface area contributed by atoms with Gasteiger partial charge in [-0.3, -0.25) is 9.67 Å². The fourth-order valence-corrected chi connectivity index (χ4v) is 2.87. The molecule has 0 bridgehead atoms. The zero-order chi connectivity index (χ0) is 18.1. The summed E-state index contributed by atoms with van der Waals surface area (Å²) in [6.45, 7) is 17.7. The van der Waals surface area contributed by atoms with Crippen molar-refractivity contribution in [2.75, 3.05) is 32.7 Å². The number of guanidine groups is 1. The summed E-state index contributed by atoms with van der Waals surface area (Å²) in [6.07, 6.45) is 0.950. The van der Waals surface area contributed by atoms with Gasteiger partial charge >= 0.3 is 0 Å². The normalized spacial score (nSPS) is 12.9. The Morgan fingerprint density at radius 2 is 1.88 bits per heavy atom. The third kappa shape index (κ3) is 7.94. The topological polar surface area (TPSA) is 57.5 Å². The molecule has 25 heavy (non-hydrogen) atoms. The molecule has 0 saturated carbocycles. The number of aryl methyl sites for hydroxylation is 2. The highest BCUT2D eigenvalue weighted by Gasteiger charge is 2.14. The molecule has 0 amide bonds. The van der Waals surface area contributed by atoms with Crippen LogP contribution in [0.2, 0.25) is 0 Å². The Morgan fingerprint density at radius 3 is 2.36 bits per heavy atom. The molecule has 0 spiro atoms. The summed E-state index contributed by atoms with van der Waals surface area (Å²) < 4.78 is 1.96. The van der Waals surface area contributed by atoms with Crippen molar-refractivity contribution in [2.45, 2.75) is 54.0 Å². The summed E-state index contributed by atoms with van der Waals surface area (Å²) in [7, 11) is 2.00. The fourth-order valence-electron chi connectivity index (χ4n) is 2.87. The molecule has 1 atom stereocenters. The number of rotatable bonds is 9. The van der Waals surface area contributed by atoms with Crippen molar-refractivity contribution in [1.82, 2.24) is 25.3 Å². The van der Waals surface area contributed by atoms with Gasteiger partial charge in [-0.25, -0.2) is 0 Å². The van der Waals surface area contributed by atoms with Crippen molar-refractivity contribution in [3.05, 3.63) is 17.0 Å². The molecular formula is C18H37IN6. The second-order valence-corrected chi connectivity index (χ2v) is 6.31. The Morgan fingerprint density at radius 1 is 1.24 bits per heavy atom. The third-order valence-corrected chi connectivity index (χ3v) is 4.48. The number of likely N-dealkylation sites (N-methyl/N-ethyl adjacent to an activating group) is 1. The van der Waals surface area contributed by atoms with Gasteiger partial charge < -0.3 is 15.5 Å². The van der Waals surface area contributed by atoms with Crippen molar-refractivity contribution in [2.24, 2.45) is 12.0 Å². The zero-order valence-electron chi connectivity index (χ0n) is 17.0. The summed E-state index contributed by atoms with van der Waals surface area (Å²) in [5.74, 6) is 0.899. The van der Waals surface area contributed by atoms with Gasteiger partial charge in [0.2, 0.25) is 0 Å². The molecule has 1 aromatic rings. The molecular weight excluding hydrogens is 427 g/mol. The first-order valence-electron chi connectivity index (χ1n) is 9.19. The molecule has 0 aliphatic rings. The molecule has 0 saturated heterocycles. The highest BCUT2D eigenvalue weighted by atomic mass is 127. The average molecular weight is 464 g/mol. The first-order valence-corrected chi connectivity index (χ1v) is 9.19. The molecule has 0 aliphatic carbocycles. The molecule has 0 aliphatic heterocycles. The number of aliphatic imine (C=N–C) groups is 1. The minimum absolute atomic E-state index is 0. The van der Waals surface area contributed by atoms with Gasteiger partial charge in [-0.15, -0.1) is 24.0 Å². The Labute approximate surface area is 170 Å². The zero-order valence-corrected chi connectivity index (χ0v) is 19.3. The number of halogens is 1. The number of nitrogens with zero attached hydrogens (tertiary/aromatic N) is 4. The van der Waals surface area contributed by atoms with Gasteiger partial charge in [0.25, 0.3) is 0 Å². The minimum Gasteiger partial charge on any atom is -0.357 e. The van der Waals surface area contributed by atoms with Gasteiger partial charge in [-0.2, -0.15) is 5.10 Å². The van der Waals surface area contributed by atoms with Gasteiger partial charge in [0, 0.05) is 31.9 Å². The van der Waals surface area contributed by atoms with Gasteiger partial charge in [0.1, 0.15) is 0 Å². The van der Waals surface area contributed by atoms with E-state index in [4.69, 9.17) is 4.99 Å². The van der Waals surface area contributed by atoms with Crippen molar-refractivity contribution in [3.63, 3.8) is 0 Å². The maximum absolute atomic E-state index is 4.71. The third-order valence-electron chi connectivity index (χ3n) is 4.48. The molecule has 1 rings (SSSR count). The van der Waals surface area contributed by atoms with E-state index in [0.29, 0.717) is 6.04 Å². The molecule has 2 N–H and O–H groups in total. The van der Waals surface area contributed by atoms with E-state index in [1.807, 2.05) is 11.7 Å². The lowest BCUT2D eigenvalue weighted by atomic mass is 10.1. The largest absolute Gasteiger partial charge is 0.357 e. The Hall–Kier alpha value is -0.830. The van der Waals surface area contributed by atoms with Crippen LogP contribution in [-0.2, 0) is 13.5 Å². The van der Waals surface area contributed by atoms with Crippen LogP contribution in [0.4, 0.5) is 0 Å². The van der Waals surface area contributed by atoms with E-state index in [2.05, 4.69) is 62.2 Å². The van der Waals surface area contributed by atoms with E-state index < -0.39 is 0 Å². The quantitative estimate of drug-likeness (QED) is 0.335. The maximum Gasteiger partial charge on any atom is 0.191 e. The van der Waals surface area contributed by atoms with E-state index in [-0.39, 0.29) is 24.0 Å². The van der Waals surface area contributed by atoms with Gasteiger partial charge in [0.15, 0.2) is 5.96 Å². The van der Waals surface area contributed by atoms with Crippen LogP contribution in [0.1, 0.15) is 44.6 Å². The van der Waals surface area contributed by atoms with E-state index >= 15 is 0 Å². The summed E-state index contributed by atoms with van der Waals surface area (Å²) in [5, 5.41) is 11.4. The molecule has 1 unspecified atom stereocenters. The van der Waals surface area contributed by atoms with Crippen LogP contribution in [0.25, 0.3) is 0 Å². The van der Waals surface area contributed by atoms with Crippen LogP contribution in [-0.4, -0.2) is 59.4 Å². The van der Waals surface area contributed by atoms with Crippen LogP contribution in [0.3, 0.4) is 0 Å². The predicted molar refractivity (Wildman–Crippen MR) is 118 cm³/mol. The molecule has 1 heterocycles. The second kappa shape index (κ2) is 12.5. The molecule has 0 fully saturated rings. The van der Waals surface area contributed by atoms with Gasteiger partial charge in [0.05, 0.1) is 12.2 Å². The summed E-state index contributed by atoms with van der Waals surface area (Å²) in [5.41, 5.74) is 3.69. The van der Waals surface area contributed by atoms with E-state index in [9.17, 15) is 0 Å². The lowest BCUT2D eigenvalue weighted by Crippen LogP contribution is -2.43. The molecule has 0 aromatic carbocycles. The first-order chi connectivity index (χ1) is 11.4. The molecule has 6 nitrogen and oxygen atoms in total. The minimum atomic E-state index is 0. The lowest BCUT2D eigenvalue weighted by Gasteiger charge is -2.20. The van der Waals surface area contributed by atoms with Crippen molar-refractivity contribution in [3.8, 4) is 0 Å². The lowest BCUT2D eigenvalue weighted by molar-refractivity contribution is 0.313. The standard InChI is InChI=1S/C18H36N6.HI/c1-8-19-18(20-11-12-24(9-2)10-3)21-14(4)13-17-15(5)22-23(7)16(17)6;/h14H,8-13H2,1-7H3,(H2,19,20,21);1H. The molecule has 7 heteroatoms. The summed E-state index contributed by atoms with van der Waals surface area (Å²) >= 11 is 0. The molecule has 0 radical (unpaired) electrons. The van der Waals surface area contributed by atoms with Crippen molar-refractivity contribution in [1.29, 1.82) is 0 Å². The second-order valence-electron chi connectivity index (χ2n) is 6.31. The maximum atomic E-state index is 4.71. The van der Waals surface area contributed by atoms with Crippen molar-refractivity contribution < 1.29 is 0 Å². The summed E-state index contributed by atoms with van der Waals surface area (Å²) in [4.78, 5) is 7.10. The van der Waals surface area contributed by atoms with Crippen LogP contribution in [0.15, 0.2) is 4.99 Å². The Kier molecular flexibility index (Phi) is 12.1. The first kappa shape index (κ1) is 24.2.